The van der Waals surface area contributed by atoms with E-state index in [-0.39, 0.29) is 17.9 Å². The minimum absolute atomic E-state index is 0.0401. The lowest BCUT2D eigenvalue weighted by Crippen LogP contribution is -2.34. The number of carbonyl (C=O) groups is 1. The number of rotatable bonds is 6. The molecule has 20 heavy (non-hydrogen) atoms. The maximum atomic E-state index is 11.8. The number of aromatic hydroxyl groups is 1. The average Bonchev–Trinajstić information content (AvgIpc) is 2.47. The Morgan fingerprint density at radius 3 is 2.50 bits per heavy atom. The first kappa shape index (κ1) is 15.7. The van der Waals surface area contributed by atoms with E-state index >= 15 is 0 Å². The Hall–Kier alpha value is -2.36. The van der Waals surface area contributed by atoms with Crippen molar-refractivity contribution in [2.45, 2.75) is 6.29 Å². The van der Waals surface area contributed by atoms with Crippen LogP contribution < -0.4 is 5.32 Å². The van der Waals surface area contributed by atoms with Crippen LogP contribution in [0.4, 0.5) is 0 Å². The number of nitrogens with zero attached hydrogens (tertiary/aromatic N) is 1. The van der Waals surface area contributed by atoms with Gasteiger partial charge in [-0.1, -0.05) is 12.1 Å². The van der Waals surface area contributed by atoms with E-state index in [1.807, 2.05) is 6.07 Å². The maximum absolute atomic E-state index is 11.8. The Morgan fingerprint density at radius 2 is 2.00 bits per heavy atom. The van der Waals surface area contributed by atoms with Gasteiger partial charge in [-0.15, -0.1) is 0 Å². The molecule has 1 amide bonds. The number of hydrogen-bond donors (Lipinski definition) is 2. The molecule has 1 aromatic rings. The third kappa shape index (κ3) is 4.72. The fourth-order valence-electron chi connectivity index (χ4n) is 1.42. The average molecular weight is 276 g/mol. The van der Waals surface area contributed by atoms with Crippen LogP contribution >= 0.6 is 0 Å². The monoisotopic (exact) mass is 276 g/mol. The predicted molar refractivity (Wildman–Crippen MR) is 72.5 cm³/mol. The summed E-state index contributed by atoms with van der Waals surface area (Å²) in [6.45, 7) is 0.139. The number of methoxy groups -OCH3 is 2. The van der Waals surface area contributed by atoms with Crippen LogP contribution in [-0.4, -0.2) is 38.1 Å². The maximum Gasteiger partial charge on any atom is 0.262 e. The largest absolute Gasteiger partial charge is 0.508 e. The second-order valence-corrected chi connectivity index (χ2v) is 3.87. The van der Waals surface area contributed by atoms with E-state index in [0.29, 0.717) is 5.56 Å². The van der Waals surface area contributed by atoms with Gasteiger partial charge in [0, 0.05) is 14.2 Å². The molecule has 0 unspecified atom stereocenters. The SMILES string of the molecule is COC(CNC(=O)/C(C#N)=C/c1ccc(O)cc1)OC. The van der Waals surface area contributed by atoms with E-state index in [1.54, 1.807) is 12.1 Å². The molecule has 0 aliphatic rings. The molecular formula is C14H16N2O4. The van der Waals surface area contributed by atoms with E-state index in [9.17, 15) is 4.79 Å². The summed E-state index contributed by atoms with van der Waals surface area (Å²) in [6.07, 6.45) is 0.871. The van der Waals surface area contributed by atoms with Crippen LogP contribution in [0.25, 0.3) is 6.08 Å². The zero-order valence-corrected chi connectivity index (χ0v) is 11.3. The molecule has 106 valence electrons. The standard InChI is InChI=1S/C14H16N2O4/c1-19-13(20-2)9-16-14(18)11(8-15)7-10-3-5-12(17)6-4-10/h3-7,13,17H,9H2,1-2H3,(H,16,18)/b11-7+. The number of benzene rings is 1. The fraction of sp³-hybridized carbons (Fsp3) is 0.286. The summed E-state index contributed by atoms with van der Waals surface area (Å²) in [7, 11) is 2.91. The van der Waals surface area contributed by atoms with Crippen molar-refractivity contribution >= 4 is 12.0 Å². The summed E-state index contributed by atoms with van der Waals surface area (Å²) in [5.74, 6) is -0.396. The quantitative estimate of drug-likeness (QED) is 0.460. The lowest BCUT2D eigenvalue weighted by molar-refractivity contribution is -0.123. The molecule has 6 heteroatoms. The third-order valence-electron chi connectivity index (χ3n) is 2.52. The number of phenols is 1. The topological polar surface area (TPSA) is 91.6 Å². The lowest BCUT2D eigenvalue weighted by Gasteiger charge is -2.13. The zero-order chi connectivity index (χ0) is 15.0. The van der Waals surface area contributed by atoms with Gasteiger partial charge in [0.15, 0.2) is 6.29 Å². The second-order valence-electron chi connectivity index (χ2n) is 3.87. The minimum atomic E-state index is -0.562. The van der Waals surface area contributed by atoms with E-state index < -0.39 is 12.2 Å². The van der Waals surface area contributed by atoms with E-state index in [2.05, 4.69) is 5.32 Å². The molecule has 0 radical (unpaired) electrons. The summed E-state index contributed by atoms with van der Waals surface area (Å²) >= 11 is 0. The van der Waals surface area contributed by atoms with Gasteiger partial charge in [-0.3, -0.25) is 4.79 Å². The molecule has 0 heterocycles. The number of amides is 1. The number of phenolic OH excluding ortho intramolecular Hbond substituents is 1. The number of carbonyl (C=O) groups excluding carboxylic acids is 1. The van der Waals surface area contributed by atoms with Crippen molar-refractivity contribution in [1.82, 2.24) is 5.32 Å². The van der Waals surface area contributed by atoms with Crippen molar-refractivity contribution in [2.75, 3.05) is 20.8 Å². The smallest absolute Gasteiger partial charge is 0.262 e. The Balaban J connectivity index is 2.73. The fourth-order valence-corrected chi connectivity index (χ4v) is 1.42. The van der Waals surface area contributed by atoms with Gasteiger partial charge >= 0.3 is 0 Å². The second kappa shape index (κ2) is 7.94. The van der Waals surface area contributed by atoms with Crippen molar-refractivity contribution in [2.24, 2.45) is 0 Å². The first-order valence-corrected chi connectivity index (χ1v) is 5.85. The van der Waals surface area contributed by atoms with E-state index in [1.165, 1.54) is 32.4 Å². The van der Waals surface area contributed by atoms with Crippen molar-refractivity contribution in [3.63, 3.8) is 0 Å². The van der Waals surface area contributed by atoms with Gasteiger partial charge in [-0.2, -0.15) is 5.26 Å². The van der Waals surface area contributed by atoms with Crippen molar-refractivity contribution in [1.29, 1.82) is 5.26 Å². The van der Waals surface area contributed by atoms with Gasteiger partial charge in [-0.25, -0.2) is 0 Å². The molecule has 0 aliphatic heterocycles. The highest BCUT2D eigenvalue weighted by molar-refractivity contribution is 6.01. The van der Waals surface area contributed by atoms with Crippen LogP contribution in [0.1, 0.15) is 5.56 Å². The molecule has 1 rings (SSSR count). The summed E-state index contributed by atoms with van der Waals surface area (Å²) < 4.78 is 9.86. The van der Waals surface area contributed by atoms with Crippen molar-refractivity contribution < 1.29 is 19.4 Å². The molecule has 0 saturated carbocycles. The van der Waals surface area contributed by atoms with E-state index in [0.717, 1.165) is 0 Å². The third-order valence-corrected chi connectivity index (χ3v) is 2.52. The van der Waals surface area contributed by atoms with Crippen molar-refractivity contribution in [3.05, 3.63) is 35.4 Å². The van der Waals surface area contributed by atoms with Gasteiger partial charge in [-0.05, 0) is 23.8 Å². The normalized spacial score (nSPS) is 11.2. The van der Waals surface area contributed by atoms with E-state index in [4.69, 9.17) is 19.8 Å². The number of nitriles is 1. The molecule has 0 aromatic heterocycles. The van der Waals surface area contributed by atoms with Gasteiger partial charge in [0.25, 0.3) is 5.91 Å². The minimum Gasteiger partial charge on any atom is -0.508 e. The molecule has 1 aromatic carbocycles. The Bertz CT molecular complexity index is 513. The summed E-state index contributed by atoms with van der Waals surface area (Å²) in [6, 6.07) is 7.99. The van der Waals surface area contributed by atoms with Crippen LogP contribution in [0.2, 0.25) is 0 Å². The first-order valence-electron chi connectivity index (χ1n) is 5.85. The van der Waals surface area contributed by atoms with Gasteiger partial charge in [0.2, 0.25) is 0 Å². The highest BCUT2D eigenvalue weighted by atomic mass is 16.7. The van der Waals surface area contributed by atoms with Gasteiger partial charge in [0.05, 0.1) is 6.54 Å². The highest BCUT2D eigenvalue weighted by Gasteiger charge is 2.12. The van der Waals surface area contributed by atoms with Crippen LogP contribution in [-0.2, 0) is 14.3 Å². The number of nitrogens with one attached hydrogen (secondary N) is 1. The zero-order valence-electron chi connectivity index (χ0n) is 11.3. The molecular weight excluding hydrogens is 260 g/mol. The lowest BCUT2D eigenvalue weighted by atomic mass is 10.1. The summed E-state index contributed by atoms with van der Waals surface area (Å²) in [5.41, 5.74) is 0.603. The molecule has 0 fully saturated rings. The molecule has 0 spiro atoms. The van der Waals surface area contributed by atoms with Crippen LogP contribution in [0, 0.1) is 11.3 Å². The number of hydrogen-bond acceptors (Lipinski definition) is 5. The predicted octanol–water partition coefficient (Wildman–Crippen LogP) is 1.03. The summed E-state index contributed by atoms with van der Waals surface area (Å²) in [4.78, 5) is 11.8. The molecule has 2 N–H and O–H groups in total. The molecule has 0 saturated heterocycles. The van der Waals surface area contributed by atoms with Gasteiger partial charge < -0.3 is 19.9 Å². The van der Waals surface area contributed by atoms with Crippen LogP contribution in [0.3, 0.4) is 0 Å². The number of ether oxygens (including phenoxy) is 2. The Labute approximate surface area is 117 Å². The highest BCUT2D eigenvalue weighted by Crippen LogP contribution is 2.12. The molecule has 0 aliphatic carbocycles. The Morgan fingerprint density at radius 1 is 1.40 bits per heavy atom. The van der Waals surface area contributed by atoms with Crippen LogP contribution in [0.15, 0.2) is 29.8 Å². The summed E-state index contributed by atoms with van der Waals surface area (Å²) in [5, 5.41) is 20.7. The van der Waals surface area contributed by atoms with Crippen molar-refractivity contribution in [3.8, 4) is 11.8 Å². The Kier molecular flexibility index (Phi) is 6.23. The molecule has 0 bridgehead atoms. The molecule has 0 atom stereocenters. The first-order chi connectivity index (χ1) is 9.60. The van der Waals surface area contributed by atoms with Gasteiger partial charge in [0.1, 0.15) is 17.4 Å². The molecule has 6 nitrogen and oxygen atoms in total. The van der Waals surface area contributed by atoms with Crippen LogP contribution in [0.5, 0.6) is 5.75 Å².